The molecule has 0 aliphatic carbocycles. The number of pyridine rings is 1. The molecule has 0 atom stereocenters. The van der Waals surface area contributed by atoms with E-state index in [1.807, 2.05) is 39.2 Å². The van der Waals surface area contributed by atoms with Crippen molar-refractivity contribution in [3.63, 3.8) is 0 Å². The molecule has 24 heavy (non-hydrogen) atoms. The van der Waals surface area contributed by atoms with Crippen LogP contribution in [0.3, 0.4) is 0 Å². The summed E-state index contributed by atoms with van der Waals surface area (Å²) in [7, 11) is 0. The van der Waals surface area contributed by atoms with Gasteiger partial charge in [0.05, 0.1) is 0 Å². The number of anilines is 1. The first-order valence-electron chi connectivity index (χ1n) is 7.76. The summed E-state index contributed by atoms with van der Waals surface area (Å²) < 4.78 is 0.895. The Balaban J connectivity index is 2.10. The molecule has 1 amide bonds. The van der Waals surface area contributed by atoms with E-state index in [9.17, 15) is 4.79 Å². The van der Waals surface area contributed by atoms with Gasteiger partial charge in [-0.15, -0.1) is 0 Å². The van der Waals surface area contributed by atoms with Gasteiger partial charge in [-0.3, -0.25) is 9.69 Å². The largest absolute Gasteiger partial charge is 0.297 e. The molecule has 0 fully saturated rings. The van der Waals surface area contributed by atoms with Crippen LogP contribution in [0.15, 0.2) is 28.0 Å². The maximum absolute atomic E-state index is 12.6. The van der Waals surface area contributed by atoms with Crippen molar-refractivity contribution in [2.45, 2.75) is 38.8 Å². The standard InChI is InChI=1S/C17H21BrN4OS/c1-5-22(15-8-6-13(18)10-19-15)16(23)9-7-14-11(2)20-17(24-4)21-12(14)3/h6,8,10H,5,7,9H2,1-4H3. The van der Waals surface area contributed by atoms with Gasteiger partial charge in [0.15, 0.2) is 5.16 Å². The molecule has 5 nitrogen and oxygen atoms in total. The summed E-state index contributed by atoms with van der Waals surface area (Å²) in [5, 5.41) is 0.773. The summed E-state index contributed by atoms with van der Waals surface area (Å²) in [4.78, 5) is 27.6. The summed E-state index contributed by atoms with van der Waals surface area (Å²) in [5.74, 6) is 0.730. The van der Waals surface area contributed by atoms with Crippen LogP contribution in [0.25, 0.3) is 0 Å². The Hall–Kier alpha value is -1.47. The number of thioether (sulfide) groups is 1. The molecule has 0 radical (unpaired) electrons. The molecule has 0 saturated carbocycles. The van der Waals surface area contributed by atoms with Gasteiger partial charge in [-0.25, -0.2) is 15.0 Å². The van der Waals surface area contributed by atoms with Crippen molar-refractivity contribution in [3.05, 3.63) is 39.8 Å². The van der Waals surface area contributed by atoms with Crippen LogP contribution >= 0.6 is 27.7 Å². The zero-order chi connectivity index (χ0) is 17.7. The van der Waals surface area contributed by atoms with Gasteiger partial charge in [0.2, 0.25) is 5.91 Å². The molecular formula is C17H21BrN4OS. The molecule has 0 bridgehead atoms. The quantitative estimate of drug-likeness (QED) is 0.534. The second-order valence-electron chi connectivity index (χ2n) is 5.33. The Morgan fingerprint density at radius 1 is 1.25 bits per heavy atom. The number of amides is 1. The van der Waals surface area contributed by atoms with E-state index in [-0.39, 0.29) is 5.91 Å². The maximum Gasteiger partial charge on any atom is 0.228 e. The van der Waals surface area contributed by atoms with Gasteiger partial charge in [-0.1, -0.05) is 11.8 Å². The minimum absolute atomic E-state index is 0.0556. The van der Waals surface area contributed by atoms with E-state index in [1.54, 1.807) is 11.1 Å². The molecule has 0 saturated heterocycles. The van der Waals surface area contributed by atoms with Crippen LogP contribution in [-0.2, 0) is 11.2 Å². The van der Waals surface area contributed by atoms with Crippen LogP contribution in [0.5, 0.6) is 0 Å². The predicted octanol–water partition coefficient (Wildman–Crippen LogP) is 3.96. The van der Waals surface area contributed by atoms with E-state index in [0.29, 0.717) is 25.2 Å². The summed E-state index contributed by atoms with van der Waals surface area (Å²) in [5.41, 5.74) is 2.95. The first-order valence-corrected chi connectivity index (χ1v) is 9.78. The summed E-state index contributed by atoms with van der Waals surface area (Å²) in [6.45, 7) is 6.49. The number of nitrogens with zero attached hydrogens (tertiary/aromatic N) is 4. The molecular weight excluding hydrogens is 388 g/mol. The fourth-order valence-electron chi connectivity index (χ4n) is 2.52. The molecule has 0 spiro atoms. The average molecular weight is 409 g/mol. The summed E-state index contributed by atoms with van der Waals surface area (Å²) in [6.07, 6.45) is 4.71. The SMILES string of the molecule is CCN(C(=O)CCc1c(C)nc(SC)nc1C)c1ccc(Br)cn1. The van der Waals surface area contributed by atoms with Gasteiger partial charge in [-0.05, 0) is 67.1 Å². The maximum atomic E-state index is 12.6. The van der Waals surface area contributed by atoms with Crippen LogP contribution in [-0.4, -0.2) is 33.7 Å². The summed E-state index contributed by atoms with van der Waals surface area (Å²) in [6, 6.07) is 3.74. The monoisotopic (exact) mass is 408 g/mol. The van der Waals surface area contributed by atoms with E-state index < -0.39 is 0 Å². The number of hydrogen-bond donors (Lipinski definition) is 0. The van der Waals surface area contributed by atoms with E-state index in [0.717, 1.165) is 26.6 Å². The van der Waals surface area contributed by atoms with Crippen molar-refractivity contribution in [3.8, 4) is 0 Å². The van der Waals surface area contributed by atoms with Crippen molar-refractivity contribution in [2.24, 2.45) is 0 Å². The van der Waals surface area contributed by atoms with E-state index >= 15 is 0 Å². The minimum Gasteiger partial charge on any atom is -0.297 e. The normalized spacial score (nSPS) is 10.7. The molecule has 128 valence electrons. The lowest BCUT2D eigenvalue weighted by molar-refractivity contribution is -0.118. The topological polar surface area (TPSA) is 59.0 Å². The molecule has 0 N–H and O–H groups in total. The Morgan fingerprint density at radius 3 is 2.42 bits per heavy atom. The van der Waals surface area contributed by atoms with Crippen LogP contribution in [0.4, 0.5) is 5.82 Å². The predicted molar refractivity (Wildman–Crippen MR) is 102 cm³/mol. The van der Waals surface area contributed by atoms with Crippen molar-refractivity contribution >= 4 is 39.4 Å². The number of carbonyl (C=O) groups is 1. The smallest absolute Gasteiger partial charge is 0.228 e. The second-order valence-corrected chi connectivity index (χ2v) is 7.02. The molecule has 0 unspecified atom stereocenters. The fraction of sp³-hybridized carbons (Fsp3) is 0.412. The number of halogens is 1. The number of aryl methyl sites for hydroxylation is 2. The fourth-order valence-corrected chi connectivity index (χ4v) is 3.21. The molecule has 2 aromatic heterocycles. The minimum atomic E-state index is 0.0556. The first-order chi connectivity index (χ1) is 11.5. The van der Waals surface area contributed by atoms with Crippen LogP contribution in [0.2, 0.25) is 0 Å². The highest BCUT2D eigenvalue weighted by atomic mass is 79.9. The lowest BCUT2D eigenvalue weighted by Gasteiger charge is -2.20. The number of hydrogen-bond acceptors (Lipinski definition) is 5. The van der Waals surface area contributed by atoms with Gasteiger partial charge in [0, 0.05) is 35.0 Å². The molecule has 2 aromatic rings. The van der Waals surface area contributed by atoms with Crippen molar-refractivity contribution in [2.75, 3.05) is 17.7 Å². The highest BCUT2D eigenvalue weighted by Crippen LogP contribution is 2.19. The van der Waals surface area contributed by atoms with E-state index in [2.05, 4.69) is 30.9 Å². The number of rotatable bonds is 6. The Bertz CT molecular complexity index is 698. The molecule has 2 rings (SSSR count). The Labute approximate surface area is 155 Å². The first kappa shape index (κ1) is 18.9. The zero-order valence-electron chi connectivity index (χ0n) is 14.3. The Kier molecular flexibility index (Phi) is 6.74. The molecule has 0 aromatic carbocycles. The Morgan fingerprint density at radius 2 is 1.92 bits per heavy atom. The van der Waals surface area contributed by atoms with Crippen molar-refractivity contribution < 1.29 is 4.79 Å². The lowest BCUT2D eigenvalue weighted by Crippen LogP contribution is -2.31. The van der Waals surface area contributed by atoms with Gasteiger partial charge >= 0.3 is 0 Å². The molecule has 7 heteroatoms. The number of carbonyl (C=O) groups excluding carboxylic acids is 1. The highest BCUT2D eigenvalue weighted by molar-refractivity contribution is 9.10. The zero-order valence-corrected chi connectivity index (χ0v) is 16.7. The van der Waals surface area contributed by atoms with Crippen LogP contribution in [0.1, 0.15) is 30.3 Å². The van der Waals surface area contributed by atoms with E-state index in [1.165, 1.54) is 11.8 Å². The van der Waals surface area contributed by atoms with Gasteiger partial charge in [-0.2, -0.15) is 0 Å². The second kappa shape index (κ2) is 8.58. The molecule has 0 aliphatic heterocycles. The summed E-state index contributed by atoms with van der Waals surface area (Å²) >= 11 is 4.89. The molecule has 2 heterocycles. The third-order valence-corrected chi connectivity index (χ3v) is 4.79. The lowest BCUT2D eigenvalue weighted by atomic mass is 10.1. The van der Waals surface area contributed by atoms with Gasteiger partial charge in [0.1, 0.15) is 5.82 Å². The third-order valence-electron chi connectivity index (χ3n) is 3.78. The van der Waals surface area contributed by atoms with E-state index in [4.69, 9.17) is 0 Å². The van der Waals surface area contributed by atoms with Gasteiger partial charge in [0.25, 0.3) is 0 Å². The molecule has 0 aliphatic rings. The number of aromatic nitrogens is 3. The average Bonchev–Trinajstić information content (AvgIpc) is 2.56. The third kappa shape index (κ3) is 4.54. The van der Waals surface area contributed by atoms with Crippen LogP contribution < -0.4 is 4.90 Å². The van der Waals surface area contributed by atoms with Gasteiger partial charge < -0.3 is 0 Å². The van der Waals surface area contributed by atoms with Crippen LogP contribution in [0, 0.1) is 13.8 Å². The highest BCUT2D eigenvalue weighted by Gasteiger charge is 2.17. The van der Waals surface area contributed by atoms with Crippen molar-refractivity contribution in [1.29, 1.82) is 0 Å². The van der Waals surface area contributed by atoms with Crippen molar-refractivity contribution in [1.82, 2.24) is 15.0 Å².